The van der Waals surface area contributed by atoms with E-state index in [1.54, 1.807) is 0 Å². The molecule has 3 rings (SSSR count). The van der Waals surface area contributed by atoms with Gasteiger partial charge >= 0.3 is 0 Å². The average Bonchev–Trinajstić information content (AvgIpc) is 2.83. The Balaban J connectivity index is 2.11. The highest BCUT2D eigenvalue weighted by Crippen LogP contribution is 2.25. The molecular weight excluding hydrogens is 244 g/mol. The van der Waals surface area contributed by atoms with Gasteiger partial charge < -0.3 is 4.57 Å². The van der Waals surface area contributed by atoms with Crippen LogP contribution in [0, 0.1) is 6.92 Å². The second-order valence-electron chi connectivity index (χ2n) is 4.97. The highest BCUT2D eigenvalue weighted by Gasteiger charge is 2.16. The number of nitrogens with zero attached hydrogens (tertiary/aromatic N) is 2. The Morgan fingerprint density at radius 2 is 2.11 bits per heavy atom. The summed E-state index contributed by atoms with van der Waals surface area (Å²) >= 11 is 5.93. The highest BCUT2D eigenvalue weighted by atomic mass is 35.5. The molecule has 0 bridgehead atoms. The van der Waals surface area contributed by atoms with E-state index in [2.05, 4.69) is 34.7 Å². The van der Waals surface area contributed by atoms with Gasteiger partial charge in [-0.05, 0) is 49.8 Å². The van der Waals surface area contributed by atoms with Crippen molar-refractivity contribution in [3.63, 3.8) is 0 Å². The van der Waals surface area contributed by atoms with Gasteiger partial charge in [0, 0.05) is 17.3 Å². The number of alkyl halides is 1. The predicted octanol–water partition coefficient (Wildman–Crippen LogP) is 3.80. The maximum atomic E-state index is 5.93. The molecule has 0 aliphatic heterocycles. The fraction of sp³-hybridized carbons (Fsp3) is 0.400. The van der Waals surface area contributed by atoms with Gasteiger partial charge in [-0.15, -0.1) is 11.6 Å². The topological polar surface area (TPSA) is 17.8 Å². The lowest BCUT2D eigenvalue weighted by molar-refractivity contribution is 0.655. The first-order valence-corrected chi connectivity index (χ1v) is 7.04. The molecule has 1 aromatic heterocycles. The second kappa shape index (κ2) is 4.77. The van der Waals surface area contributed by atoms with E-state index >= 15 is 0 Å². The summed E-state index contributed by atoms with van der Waals surface area (Å²) in [6.07, 6.45) is 6.77. The van der Waals surface area contributed by atoms with Crippen LogP contribution in [0.4, 0.5) is 0 Å². The van der Waals surface area contributed by atoms with E-state index < -0.39 is 0 Å². The standard InChI is InChI=1S/C15H17ClN2/c1-11-6-7-12(9-16)8-15(11)18-10-17-13-4-2-3-5-14(13)18/h6-8,10H,2-5,9H2,1H3. The minimum absolute atomic E-state index is 0.560. The van der Waals surface area contributed by atoms with Crippen LogP contribution in [0.25, 0.3) is 5.69 Å². The Labute approximate surface area is 113 Å². The van der Waals surface area contributed by atoms with Gasteiger partial charge in [0.05, 0.1) is 12.0 Å². The Bertz CT molecular complexity index is 572. The monoisotopic (exact) mass is 260 g/mol. The van der Waals surface area contributed by atoms with Gasteiger partial charge in [-0.2, -0.15) is 0 Å². The molecule has 0 radical (unpaired) electrons. The molecule has 2 nitrogen and oxygen atoms in total. The predicted molar refractivity (Wildman–Crippen MR) is 74.5 cm³/mol. The Kier molecular flexibility index (Phi) is 3.13. The zero-order valence-electron chi connectivity index (χ0n) is 10.6. The Hall–Kier alpha value is -1.28. The summed E-state index contributed by atoms with van der Waals surface area (Å²) in [5, 5.41) is 0. The summed E-state index contributed by atoms with van der Waals surface area (Å²) in [7, 11) is 0. The molecule has 0 saturated heterocycles. The molecule has 2 aromatic rings. The number of aryl methyl sites for hydroxylation is 2. The van der Waals surface area contributed by atoms with Crippen LogP contribution in [0.2, 0.25) is 0 Å². The Morgan fingerprint density at radius 1 is 1.28 bits per heavy atom. The van der Waals surface area contributed by atoms with Crippen molar-refractivity contribution in [3.05, 3.63) is 47.0 Å². The fourth-order valence-electron chi connectivity index (χ4n) is 2.67. The summed E-state index contributed by atoms with van der Waals surface area (Å²) < 4.78 is 2.25. The molecule has 0 spiro atoms. The molecule has 1 heterocycles. The molecule has 0 saturated carbocycles. The van der Waals surface area contributed by atoms with E-state index in [1.165, 1.54) is 35.5 Å². The van der Waals surface area contributed by atoms with Crippen LogP contribution in [0.5, 0.6) is 0 Å². The van der Waals surface area contributed by atoms with E-state index in [4.69, 9.17) is 11.6 Å². The Morgan fingerprint density at radius 3 is 2.94 bits per heavy atom. The number of hydrogen-bond acceptors (Lipinski definition) is 1. The van der Waals surface area contributed by atoms with E-state index in [9.17, 15) is 0 Å². The third kappa shape index (κ3) is 1.95. The SMILES string of the molecule is Cc1ccc(CCl)cc1-n1cnc2c1CCCC2. The number of halogens is 1. The van der Waals surface area contributed by atoms with Gasteiger partial charge in [-0.25, -0.2) is 4.98 Å². The van der Waals surface area contributed by atoms with Crippen LogP contribution < -0.4 is 0 Å². The van der Waals surface area contributed by atoms with Crippen molar-refractivity contribution in [2.24, 2.45) is 0 Å². The molecule has 0 unspecified atom stereocenters. The van der Waals surface area contributed by atoms with Crippen LogP contribution in [0.1, 0.15) is 35.4 Å². The van der Waals surface area contributed by atoms with E-state index in [1.807, 2.05) is 6.33 Å². The molecule has 0 amide bonds. The zero-order valence-corrected chi connectivity index (χ0v) is 11.4. The molecule has 18 heavy (non-hydrogen) atoms. The summed E-state index contributed by atoms with van der Waals surface area (Å²) in [5.41, 5.74) is 6.32. The molecule has 1 aromatic carbocycles. The van der Waals surface area contributed by atoms with Crippen LogP contribution >= 0.6 is 11.6 Å². The van der Waals surface area contributed by atoms with E-state index in [-0.39, 0.29) is 0 Å². The van der Waals surface area contributed by atoms with Crippen molar-refractivity contribution in [1.29, 1.82) is 0 Å². The van der Waals surface area contributed by atoms with Crippen LogP contribution in [-0.4, -0.2) is 9.55 Å². The van der Waals surface area contributed by atoms with Crippen molar-refractivity contribution < 1.29 is 0 Å². The van der Waals surface area contributed by atoms with Gasteiger partial charge in [0.1, 0.15) is 0 Å². The van der Waals surface area contributed by atoms with Crippen LogP contribution in [0.15, 0.2) is 24.5 Å². The third-order valence-corrected chi connectivity index (χ3v) is 4.03. The van der Waals surface area contributed by atoms with Crippen molar-refractivity contribution in [2.75, 3.05) is 0 Å². The number of fused-ring (bicyclic) bond motifs is 1. The van der Waals surface area contributed by atoms with Crippen molar-refractivity contribution >= 4 is 11.6 Å². The molecule has 0 fully saturated rings. The van der Waals surface area contributed by atoms with Crippen molar-refractivity contribution in [1.82, 2.24) is 9.55 Å². The maximum Gasteiger partial charge on any atom is 0.0997 e. The van der Waals surface area contributed by atoms with Crippen LogP contribution in [-0.2, 0) is 18.7 Å². The average molecular weight is 261 g/mol. The number of imidazole rings is 1. The van der Waals surface area contributed by atoms with Gasteiger partial charge in [-0.1, -0.05) is 12.1 Å². The third-order valence-electron chi connectivity index (χ3n) is 3.72. The first-order valence-electron chi connectivity index (χ1n) is 6.50. The van der Waals surface area contributed by atoms with Crippen molar-refractivity contribution in [3.8, 4) is 5.69 Å². The van der Waals surface area contributed by atoms with Crippen molar-refractivity contribution in [2.45, 2.75) is 38.5 Å². The van der Waals surface area contributed by atoms with Gasteiger partial charge in [0.25, 0.3) is 0 Å². The van der Waals surface area contributed by atoms with Gasteiger partial charge in [-0.3, -0.25) is 0 Å². The summed E-state index contributed by atoms with van der Waals surface area (Å²) in [6, 6.07) is 6.41. The minimum atomic E-state index is 0.560. The summed E-state index contributed by atoms with van der Waals surface area (Å²) in [4.78, 5) is 4.56. The molecule has 94 valence electrons. The number of benzene rings is 1. The summed E-state index contributed by atoms with van der Waals surface area (Å²) in [6.45, 7) is 2.14. The zero-order chi connectivity index (χ0) is 12.5. The number of hydrogen-bond donors (Lipinski definition) is 0. The number of rotatable bonds is 2. The highest BCUT2D eigenvalue weighted by molar-refractivity contribution is 6.17. The van der Waals surface area contributed by atoms with E-state index in [0.717, 1.165) is 18.4 Å². The quantitative estimate of drug-likeness (QED) is 0.751. The molecule has 3 heteroatoms. The molecule has 1 aliphatic carbocycles. The van der Waals surface area contributed by atoms with E-state index in [0.29, 0.717) is 5.88 Å². The summed E-state index contributed by atoms with van der Waals surface area (Å²) in [5.74, 6) is 0.560. The molecule has 0 N–H and O–H groups in total. The van der Waals surface area contributed by atoms with Crippen LogP contribution in [0.3, 0.4) is 0 Å². The van der Waals surface area contributed by atoms with Gasteiger partial charge in [0.2, 0.25) is 0 Å². The normalized spacial score (nSPS) is 14.6. The lowest BCUT2D eigenvalue weighted by Crippen LogP contribution is -2.08. The lowest BCUT2D eigenvalue weighted by atomic mass is 10.0. The molecule has 1 aliphatic rings. The minimum Gasteiger partial charge on any atom is -0.303 e. The lowest BCUT2D eigenvalue weighted by Gasteiger charge is -2.16. The largest absolute Gasteiger partial charge is 0.303 e. The maximum absolute atomic E-state index is 5.93. The molecular formula is C15H17ClN2. The first-order chi connectivity index (χ1) is 8.79. The fourth-order valence-corrected chi connectivity index (χ4v) is 2.84. The number of aromatic nitrogens is 2. The van der Waals surface area contributed by atoms with Gasteiger partial charge in [0.15, 0.2) is 0 Å². The second-order valence-corrected chi connectivity index (χ2v) is 5.24. The first kappa shape index (κ1) is 11.8. The smallest absolute Gasteiger partial charge is 0.0997 e. The molecule has 0 atom stereocenters.